The van der Waals surface area contributed by atoms with Crippen molar-refractivity contribution in [3.63, 3.8) is 0 Å². The monoisotopic (exact) mass is 291 g/mol. The van der Waals surface area contributed by atoms with Crippen molar-refractivity contribution in [2.24, 2.45) is 0 Å². The SMILES string of the molecule is Cc1cccc(OCCCC(=O)N2CCCCC2CO)c1. The van der Waals surface area contributed by atoms with E-state index in [4.69, 9.17) is 4.74 Å². The summed E-state index contributed by atoms with van der Waals surface area (Å²) < 4.78 is 5.66. The largest absolute Gasteiger partial charge is 0.494 e. The number of aliphatic hydroxyl groups excluding tert-OH is 1. The standard InChI is InChI=1S/C17H25NO3/c1-14-6-4-8-16(12-14)21-11-5-9-17(20)18-10-3-2-7-15(18)13-19/h4,6,8,12,15,19H,2-3,5,7,9-11,13H2,1H3. The van der Waals surface area contributed by atoms with Gasteiger partial charge < -0.3 is 14.7 Å². The molecule has 4 heteroatoms. The number of hydrogen-bond donors (Lipinski definition) is 1. The molecule has 21 heavy (non-hydrogen) atoms. The first-order valence-corrected chi connectivity index (χ1v) is 7.80. The van der Waals surface area contributed by atoms with Crippen LogP contribution in [0.1, 0.15) is 37.7 Å². The second-order valence-electron chi connectivity index (χ2n) is 5.69. The summed E-state index contributed by atoms with van der Waals surface area (Å²) in [4.78, 5) is 14.0. The van der Waals surface area contributed by atoms with Crippen molar-refractivity contribution in [3.8, 4) is 5.75 Å². The van der Waals surface area contributed by atoms with Crippen LogP contribution in [-0.4, -0.2) is 41.7 Å². The van der Waals surface area contributed by atoms with Gasteiger partial charge in [0, 0.05) is 13.0 Å². The number of piperidine rings is 1. The quantitative estimate of drug-likeness (QED) is 0.819. The minimum absolute atomic E-state index is 0.0175. The number of aryl methyl sites for hydroxylation is 1. The van der Waals surface area contributed by atoms with Crippen LogP contribution in [0, 0.1) is 6.92 Å². The minimum Gasteiger partial charge on any atom is -0.494 e. The van der Waals surface area contributed by atoms with Crippen molar-refractivity contribution in [1.82, 2.24) is 4.90 Å². The molecule has 1 heterocycles. The molecule has 1 fully saturated rings. The predicted octanol–water partition coefficient (Wildman–Crippen LogP) is 2.53. The first-order chi connectivity index (χ1) is 10.2. The lowest BCUT2D eigenvalue weighted by molar-refractivity contribution is -0.136. The van der Waals surface area contributed by atoms with Crippen molar-refractivity contribution in [2.45, 2.75) is 45.1 Å². The number of rotatable bonds is 6. The zero-order chi connectivity index (χ0) is 15.1. The molecule has 0 aromatic heterocycles. The maximum Gasteiger partial charge on any atom is 0.223 e. The zero-order valence-corrected chi connectivity index (χ0v) is 12.8. The van der Waals surface area contributed by atoms with E-state index in [1.165, 1.54) is 5.56 Å². The Kier molecular flexibility index (Phi) is 6.05. The van der Waals surface area contributed by atoms with E-state index in [9.17, 15) is 9.90 Å². The van der Waals surface area contributed by atoms with Gasteiger partial charge in [-0.05, 0) is 50.3 Å². The highest BCUT2D eigenvalue weighted by atomic mass is 16.5. The summed E-state index contributed by atoms with van der Waals surface area (Å²) in [6.45, 7) is 3.43. The Bertz CT molecular complexity index is 461. The molecule has 1 atom stereocenters. The Hall–Kier alpha value is -1.55. The third kappa shape index (κ3) is 4.74. The molecule has 0 spiro atoms. The van der Waals surface area contributed by atoms with Crippen LogP contribution in [0.15, 0.2) is 24.3 Å². The summed E-state index contributed by atoms with van der Waals surface area (Å²) >= 11 is 0. The van der Waals surface area contributed by atoms with Gasteiger partial charge >= 0.3 is 0 Å². The Morgan fingerprint density at radius 3 is 3.05 bits per heavy atom. The zero-order valence-electron chi connectivity index (χ0n) is 12.8. The molecule has 1 aromatic rings. The van der Waals surface area contributed by atoms with Crippen LogP contribution in [-0.2, 0) is 4.79 Å². The number of benzene rings is 1. The third-order valence-corrected chi connectivity index (χ3v) is 3.95. The first kappa shape index (κ1) is 15.8. The Morgan fingerprint density at radius 1 is 1.43 bits per heavy atom. The molecular weight excluding hydrogens is 266 g/mol. The van der Waals surface area contributed by atoms with Gasteiger partial charge in [-0.3, -0.25) is 4.79 Å². The van der Waals surface area contributed by atoms with Gasteiger partial charge in [-0.25, -0.2) is 0 Å². The number of amides is 1. The van der Waals surface area contributed by atoms with Gasteiger partial charge in [-0.1, -0.05) is 12.1 Å². The molecule has 116 valence electrons. The lowest BCUT2D eigenvalue weighted by Gasteiger charge is -2.34. The molecule has 0 radical (unpaired) electrons. The van der Waals surface area contributed by atoms with E-state index in [-0.39, 0.29) is 18.6 Å². The number of aliphatic hydroxyl groups is 1. The molecule has 1 aromatic carbocycles. The second kappa shape index (κ2) is 8.03. The Balaban J connectivity index is 1.71. The maximum absolute atomic E-state index is 12.2. The lowest BCUT2D eigenvalue weighted by atomic mass is 10.0. The number of carbonyl (C=O) groups is 1. The number of hydrogen-bond acceptors (Lipinski definition) is 3. The predicted molar refractivity (Wildman–Crippen MR) is 82.3 cm³/mol. The fourth-order valence-electron chi connectivity index (χ4n) is 2.78. The molecule has 0 bridgehead atoms. The van der Waals surface area contributed by atoms with Crippen molar-refractivity contribution in [1.29, 1.82) is 0 Å². The molecule has 4 nitrogen and oxygen atoms in total. The molecule has 1 aliphatic heterocycles. The first-order valence-electron chi connectivity index (χ1n) is 7.80. The molecule has 2 rings (SSSR count). The molecule has 1 amide bonds. The van der Waals surface area contributed by atoms with Gasteiger partial charge in [0.1, 0.15) is 5.75 Å². The number of carbonyl (C=O) groups excluding carboxylic acids is 1. The molecule has 1 saturated heterocycles. The van der Waals surface area contributed by atoms with E-state index >= 15 is 0 Å². The van der Waals surface area contributed by atoms with Gasteiger partial charge in [0.25, 0.3) is 0 Å². The van der Waals surface area contributed by atoms with E-state index in [0.717, 1.165) is 31.6 Å². The van der Waals surface area contributed by atoms with Crippen LogP contribution in [0.3, 0.4) is 0 Å². The summed E-state index contributed by atoms with van der Waals surface area (Å²) in [5, 5.41) is 9.34. The van der Waals surface area contributed by atoms with Gasteiger partial charge in [-0.2, -0.15) is 0 Å². The average Bonchev–Trinajstić information content (AvgIpc) is 2.51. The van der Waals surface area contributed by atoms with Gasteiger partial charge in [0.05, 0.1) is 19.3 Å². The van der Waals surface area contributed by atoms with E-state index in [1.807, 2.05) is 36.1 Å². The highest BCUT2D eigenvalue weighted by Crippen LogP contribution is 2.18. The van der Waals surface area contributed by atoms with Crippen LogP contribution in [0.25, 0.3) is 0 Å². The van der Waals surface area contributed by atoms with Gasteiger partial charge in [-0.15, -0.1) is 0 Å². The summed E-state index contributed by atoms with van der Waals surface area (Å²) in [5.41, 5.74) is 1.17. The highest BCUT2D eigenvalue weighted by molar-refractivity contribution is 5.76. The van der Waals surface area contributed by atoms with Crippen LogP contribution in [0.2, 0.25) is 0 Å². The molecule has 0 saturated carbocycles. The van der Waals surface area contributed by atoms with Crippen molar-refractivity contribution in [3.05, 3.63) is 29.8 Å². The summed E-state index contributed by atoms with van der Waals surface area (Å²) in [6.07, 6.45) is 4.26. The van der Waals surface area contributed by atoms with Crippen LogP contribution in [0.4, 0.5) is 0 Å². The van der Waals surface area contributed by atoms with Crippen LogP contribution in [0.5, 0.6) is 5.75 Å². The molecule has 1 N–H and O–H groups in total. The molecule has 1 aliphatic rings. The third-order valence-electron chi connectivity index (χ3n) is 3.95. The number of ether oxygens (including phenoxy) is 1. The lowest BCUT2D eigenvalue weighted by Crippen LogP contribution is -2.45. The normalized spacial score (nSPS) is 18.6. The fourth-order valence-corrected chi connectivity index (χ4v) is 2.78. The summed E-state index contributed by atoms with van der Waals surface area (Å²) in [6, 6.07) is 7.94. The number of likely N-dealkylation sites (tertiary alicyclic amines) is 1. The minimum atomic E-state index is 0.0175. The van der Waals surface area contributed by atoms with Crippen molar-refractivity contribution >= 4 is 5.91 Å². The molecule has 0 aliphatic carbocycles. The summed E-state index contributed by atoms with van der Waals surface area (Å²) in [5.74, 6) is 0.996. The van der Waals surface area contributed by atoms with E-state index < -0.39 is 0 Å². The van der Waals surface area contributed by atoms with Gasteiger partial charge in [0.2, 0.25) is 5.91 Å². The Labute approximate surface area is 126 Å². The molecule has 1 unspecified atom stereocenters. The van der Waals surface area contributed by atoms with E-state index in [2.05, 4.69) is 0 Å². The van der Waals surface area contributed by atoms with Gasteiger partial charge in [0.15, 0.2) is 0 Å². The smallest absolute Gasteiger partial charge is 0.223 e. The second-order valence-corrected chi connectivity index (χ2v) is 5.69. The Morgan fingerprint density at radius 2 is 2.29 bits per heavy atom. The number of nitrogens with zero attached hydrogens (tertiary/aromatic N) is 1. The topological polar surface area (TPSA) is 49.8 Å². The highest BCUT2D eigenvalue weighted by Gasteiger charge is 2.25. The van der Waals surface area contributed by atoms with Crippen molar-refractivity contribution in [2.75, 3.05) is 19.8 Å². The van der Waals surface area contributed by atoms with E-state index in [1.54, 1.807) is 0 Å². The van der Waals surface area contributed by atoms with Crippen molar-refractivity contribution < 1.29 is 14.6 Å². The molecular formula is C17H25NO3. The fraction of sp³-hybridized carbons (Fsp3) is 0.588. The van der Waals surface area contributed by atoms with Crippen LogP contribution >= 0.6 is 0 Å². The van der Waals surface area contributed by atoms with Crippen LogP contribution < -0.4 is 4.74 Å². The maximum atomic E-state index is 12.2. The summed E-state index contributed by atoms with van der Waals surface area (Å²) in [7, 11) is 0. The average molecular weight is 291 g/mol. The van der Waals surface area contributed by atoms with E-state index in [0.29, 0.717) is 19.4 Å².